The number of ketones is 1. The minimum absolute atomic E-state index is 0.135. The van der Waals surface area contributed by atoms with E-state index in [1.54, 1.807) is 13.3 Å². The molecule has 0 spiro atoms. The van der Waals surface area contributed by atoms with E-state index >= 15 is 0 Å². The summed E-state index contributed by atoms with van der Waals surface area (Å²) in [5, 5.41) is 4.25. The van der Waals surface area contributed by atoms with Crippen LogP contribution in [0.1, 0.15) is 17.5 Å². The Balaban J connectivity index is 1.35. The number of carbonyl (C=O) groups is 1. The molecule has 176 valence electrons. The van der Waals surface area contributed by atoms with Crippen LogP contribution in [0.5, 0.6) is 11.5 Å². The number of ether oxygens (including phenoxy) is 2. The molecule has 2 aromatic carbocycles. The van der Waals surface area contributed by atoms with Gasteiger partial charge in [-0.25, -0.2) is 15.0 Å². The van der Waals surface area contributed by atoms with Crippen molar-refractivity contribution in [1.29, 1.82) is 0 Å². The molecule has 8 nitrogen and oxygen atoms in total. The molecule has 0 aliphatic rings. The molecule has 5 aromatic rings. The summed E-state index contributed by atoms with van der Waals surface area (Å²) in [6.07, 6.45) is 7.85. The minimum atomic E-state index is 0.135. The molecule has 1 N–H and O–H groups in total. The molecule has 3 heterocycles. The lowest BCUT2D eigenvalue weighted by atomic mass is 10.0. The molecule has 35 heavy (non-hydrogen) atoms. The molecular formula is C27H25N5O3. The number of aromatic nitrogens is 4. The molecule has 3 aromatic heterocycles. The Morgan fingerprint density at radius 2 is 1.94 bits per heavy atom. The van der Waals surface area contributed by atoms with Crippen LogP contribution in [-0.4, -0.2) is 38.9 Å². The topological polar surface area (TPSA) is 90.6 Å². The third-order valence-electron chi connectivity index (χ3n) is 5.72. The molecule has 0 unspecified atom stereocenters. The van der Waals surface area contributed by atoms with Gasteiger partial charge in [0.2, 0.25) is 0 Å². The predicted octanol–water partition coefficient (Wildman–Crippen LogP) is 5.27. The number of methoxy groups -OCH3 is 1. The van der Waals surface area contributed by atoms with E-state index in [1.807, 2.05) is 72.2 Å². The Morgan fingerprint density at radius 3 is 2.80 bits per heavy atom. The van der Waals surface area contributed by atoms with Crippen molar-refractivity contribution in [2.45, 2.75) is 19.8 Å². The molecule has 0 saturated carbocycles. The molecule has 8 heteroatoms. The molecule has 5 rings (SSSR count). The number of hydrogen-bond donors (Lipinski definition) is 1. The van der Waals surface area contributed by atoms with E-state index < -0.39 is 0 Å². The summed E-state index contributed by atoms with van der Waals surface area (Å²) in [7, 11) is 1.60. The van der Waals surface area contributed by atoms with Crippen molar-refractivity contribution < 1.29 is 14.3 Å². The quantitative estimate of drug-likeness (QED) is 0.316. The van der Waals surface area contributed by atoms with Crippen LogP contribution < -0.4 is 10.1 Å². The number of imidazole rings is 1. The zero-order valence-electron chi connectivity index (χ0n) is 19.6. The second-order valence-corrected chi connectivity index (χ2v) is 8.29. The number of hydrogen-bond acceptors (Lipinski definition) is 7. The molecular weight excluding hydrogens is 442 g/mol. The number of nitrogens with zero attached hydrogens (tertiary/aromatic N) is 4. The van der Waals surface area contributed by atoms with Crippen LogP contribution in [0.3, 0.4) is 0 Å². The maximum absolute atomic E-state index is 12.2. The van der Waals surface area contributed by atoms with Gasteiger partial charge in [0.25, 0.3) is 0 Å². The van der Waals surface area contributed by atoms with Gasteiger partial charge in [0, 0.05) is 55.7 Å². The highest BCUT2D eigenvalue weighted by Gasteiger charge is 2.10. The van der Waals surface area contributed by atoms with Crippen molar-refractivity contribution in [3.63, 3.8) is 0 Å². The van der Waals surface area contributed by atoms with Crippen LogP contribution >= 0.6 is 0 Å². The first-order valence-corrected chi connectivity index (χ1v) is 11.3. The second kappa shape index (κ2) is 9.90. The van der Waals surface area contributed by atoms with E-state index in [-0.39, 0.29) is 5.78 Å². The van der Waals surface area contributed by atoms with E-state index in [0.29, 0.717) is 25.3 Å². The number of fused-ring (bicyclic) bond motifs is 2. The lowest BCUT2D eigenvalue weighted by Gasteiger charge is -2.13. The third-order valence-corrected chi connectivity index (χ3v) is 5.72. The monoisotopic (exact) mass is 467 g/mol. The minimum Gasteiger partial charge on any atom is -0.457 e. The van der Waals surface area contributed by atoms with E-state index in [9.17, 15) is 4.79 Å². The molecule has 0 bridgehead atoms. The van der Waals surface area contributed by atoms with Gasteiger partial charge < -0.3 is 19.2 Å². The maximum Gasteiger partial charge on any atom is 0.141 e. The number of rotatable bonds is 9. The van der Waals surface area contributed by atoms with Crippen LogP contribution in [0, 0.1) is 6.92 Å². The fourth-order valence-corrected chi connectivity index (χ4v) is 3.91. The van der Waals surface area contributed by atoms with Gasteiger partial charge in [0.15, 0.2) is 0 Å². The third kappa shape index (κ3) is 5.12. The van der Waals surface area contributed by atoms with E-state index in [2.05, 4.69) is 20.3 Å². The van der Waals surface area contributed by atoms with Crippen LogP contribution in [0.4, 0.5) is 11.5 Å². The smallest absolute Gasteiger partial charge is 0.141 e. The van der Waals surface area contributed by atoms with Crippen LogP contribution in [0.25, 0.3) is 16.6 Å². The summed E-state index contributed by atoms with van der Waals surface area (Å²) in [5.41, 5.74) is 4.41. The van der Waals surface area contributed by atoms with E-state index in [0.717, 1.165) is 44.9 Å². The first kappa shape index (κ1) is 22.5. The van der Waals surface area contributed by atoms with Crippen molar-refractivity contribution in [3.05, 3.63) is 84.6 Å². The van der Waals surface area contributed by atoms with E-state index in [4.69, 9.17) is 9.47 Å². The molecule has 0 aliphatic carbocycles. The van der Waals surface area contributed by atoms with Gasteiger partial charge in [-0.2, -0.15) is 0 Å². The van der Waals surface area contributed by atoms with Gasteiger partial charge in [0.1, 0.15) is 35.1 Å². The van der Waals surface area contributed by atoms with Crippen molar-refractivity contribution in [2.75, 3.05) is 19.0 Å². The SMILES string of the molecule is COCCC(=O)Cc1ccc2ncnc(Nc3ccc(Oc4ccn5ccnc5c4)c(C)c3)c2c1. The fraction of sp³-hybridized carbons (Fsp3) is 0.185. The van der Waals surface area contributed by atoms with Crippen molar-refractivity contribution in [2.24, 2.45) is 0 Å². The largest absolute Gasteiger partial charge is 0.457 e. The Kier molecular flexibility index (Phi) is 6.36. The Labute approximate surface area is 202 Å². The van der Waals surface area contributed by atoms with Crippen molar-refractivity contribution in [3.8, 4) is 11.5 Å². The molecule has 0 saturated heterocycles. The van der Waals surface area contributed by atoms with Gasteiger partial charge in [-0.05, 0) is 54.4 Å². The average molecular weight is 468 g/mol. The van der Waals surface area contributed by atoms with Gasteiger partial charge in [-0.1, -0.05) is 6.07 Å². The van der Waals surface area contributed by atoms with Gasteiger partial charge >= 0.3 is 0 Å². The lowest BCUT2D eigenvalue weighted by Crippen LogP contribution is -2.06. The number of benzene rings is 2. The highest BCUT2D eigenvalue weighted by Crippen LogP contribution is 2.30. The Hall–Kier alpha value is -4.30. The average Bonchev–Trinajstić information content (AvgIpc) is 3.33. The number of carbonyl (C=O) groups excluding carboxylic acids is 1. The number of aryl methyl sites for hydroxylation is 1. The van der Waals surface area contributed by atoms with Crippen molar-refractivity contribution in [1.82, 2.24) is 19.4 Å². The summed E-state index contributed by atoms with van der Waals surface area (Å²) in [6, 6.07) is 15.5. The normalized spacial score (nSPS) is 11.1. The molecule has 0 amide bonds. The van der Waals surface area contributed by atoms with Crippen LogP contribution in [-0.2, 0) is 16.0 Å². The number of Topliss-reactive ketones (excluding diaryl/α,β-unsaturated/α-hetero) is 1. The van der Waals surface area contributed by atoms with Gasteiger partial charge in [-0.3, -0.25) is 4.79 Å². The number of nitrogens with one attached hydrogen (secondary N) is 1. The zero-order chi connectivity index (χ0) is 24.2. The second-order valence-electron chi connectivity index (χ2n) is 8.29. The Bertz CT molecular complexity index is 1510. The zero-order valence-corrected chi connectivity index (χ0v) is 19.6. The van der Waals surface area contributed by atoms with Crippen molar-refractivity contribution >= 4 is 33.8 Å². The highest BCUT2D eigenvalue weighted by molar-refractivity contribution is 5.92. The predicted molar refractivity (Wildman–Crippen MR) is 134 cm³/mol. The summed E-state index contributed by atoms with van der Waals surface area (Å²) in [6.45, 7) is 2.43. The number of anilines is 2. The summed E-state index contributed by atoms with van der Waals surface area (Å²) in [5.74, 6) is 2.30. The molecule has 0 radical (unpaired) electrons. The highest BCUT2D eigenvalue weighted by atomic mass is 16.5. The summed E-state index contributed by atoms with van der Waals surface area (Å²) >= 11 is 0. The first-order chi connectivity index (χ1) is 17.1. The van der Waals surface area contributed by atoms with Crippen LogP contribution in [0.15, 0.2) is 73.4 Å². The first-order valence-electron chi connectivity index (χ1n) is 11.3. The van der Waals surface area contributed by atoms with Gasteiger partial charge in [0.05, 0.1) is 12.1 Å². The molecule has 0 fully saturated rings. The summed E-state index contributed by atoms with van der Waals surface area (Å²) < 4.78 is 13.0. The van der Waals surface area contributed by atoms with Gasteiger partial charge in [-0.15, -0.1) is 0 Å². The standard InChI is InChI=1S/C27H25N5O3/c1-18-13-20(4-6-25(18)35-22-7-10-32-11-9-28-26(32)16-22)31-27-23-15-19(14-21(33)8-12-34-2)3-5-24(23)29-17-30-27/h3-7,9-11,13,15-17H,8,12,14H2,1-2H3,(H,29,30,31). The fourth-order valence-electron chi connectivity index (χ4n) is 3.91. The van der Waals surface area contributed by atoms with E-state index in [1.165, 1.54) is 6.33 Å². The molecule has 0 aliphatic heterocycles. The maximum atomic E-state index is 12.2. The Morgan fingerprint density at radius 1 is 1.03 bits per heavy atom. The van der Waals surface area contributed by atoms with Crippen LogP contribution in [0.2, 0.25) is 0 Å². The lowest BCUT2D eigenvalue weighted by molar-refractivity contribution is -0.119. The number of pyridine rings is 1. The molecule has 0 atom stereocenters. The summed E-state index contributed by atoms with van der Waals surface area (Å²) in [4.78, 5) is 25.3.